The second-order valence-corrected chi connectivity index (χ2v) is 13.1. The molecule has 1 heterocycles. The van der Waals surface area contributed by atoms with Crippen molar-refractivity contribution in [2.45, 2.75) is 31.1 Å². The zero-order valence-electron chi connectivity index (χ0n) is 22.8. The third-order valence-electron chi connectivity index (χ3n) is 9.62. The van der Waals surface area contributed by atoms with Gasteiger partial charge in [-0.3, -0.25) is 4.89 Å². The first kappa shape index (κ1) is 24.2. The zero-order chi connectivity index (χ0) is 28.1. The Bertz CT molecular complexity index is 2010. The molecule has 1 aliphatic heterocycles. The molecule has 0 bridgehead atoms. The highest BCUT2D eigenvalue weighted by Gasteiger charge is 2.52. The molecule has 9 rings (SSSR count). The molecule has 1 spiro atoms. The van der Waals surface area contributed by atoms with E-state index >= 15 is 0 Å². The van der Waals surface area contributed by atoms with Gasteiger partial charge in [-0.2, -0.15) is 0 Å². The van der Waals surface area contributed by atoms with Gasteiger partial charge in [-0.05, 0) is 81.6 Å². The van der Waals surface area contributed by atoms with E-state index in [0.29, 0.717) is 11.5 Å². The topological polar surface area (TPSA) is 55.8 Å². The molecule has 2 aliphatic carbocycles. The summed E-state index contributed by atoms with van der Waals surface area (Å²) in [5.74, 6) is 0.974. The Balaban J connectivity index is 1.31. The summed E-state index contributed by atoms with van der Waals surface area (Å²) in [4.78, 5) is 11.4. The first-order valence-corrected chi connectivity index (χ1v) is 16.0. The molecule has 0 saturated heterocycles. The van der Waals surface area contributed by atoms with E-state index in [2.05, 4.69) is 72.8 Å². The molecular weight excluding hydrogens is 539 g/mol. The van der Waals surface area contributed by atoms with Crippen LogP contribution in [-0.2, 0) is 22.8 Å². The molecule has 6 aromatic carbocycles. The van der Waals surface area contributed by atoms with Crippen LogP contribution in [0.3, 0.4) is 0 Å². The van der Waals surface area contributed by atoms with Gasteiger partial charge in [0.2, 0.25) is 0 Å². The third kappa shape index (κ3) is 3.43. The van der Waals surface area contributed by atoms with Gasteiger partial charge in [-0.15, -0.1) is 0 Å². The van der Waals surface area contributed by atoms with Gasteiger partial charge in [-0.1, -0.05) is 97.1 Å². The molecule has 0 radical (unpaired) electrons. The predicted molar refractivity (Wildman–Crippen MR) is 167 cm³/mol. The van der Waals surface area contributed by atoms with Gasteiger partial charge in [0.25, 0.3) is 0 Å². The maximum Gasteiger partial charge on any atom is 0.584 e. The van der Waals surface area contributed by atoms with Crippen LogP contribution < -0.4 is 9.05 Å². The smallest absolute Gasteiger partial charge is 0.394 e. The minimum Gasteiger partial charge on any atom is -0.394 e. The van der Waals surface area contributed by atoms with Gasteiger partial charge < -0.3 is 9.05 Å². The lowest BCUT2D eigenvalue weighted by atomic mass is 9.74. The maximum absolute atomic E-state index is 13.9. The van der Waals surface area contributed by atoms with Gasteiger partial charge in [0.15, 0.2) is 0 Å². The van der Waals surface area contributed by atoms with Crippen molar-refractivity contribution in [1.29, 1.82) is 0 Å². The molecule has 6 aromatic rings. The van der Waals surface area contributed by atoms with Crippen LogP contribution in [0.15, 0.2) is 109 Å². The van der Waals surface area contributed by atoms with Crippen molar-refractivity contribution < 1.29 is 18.5 Å². The van der Waals surface area contributed by atoms with E-state index < -0.39 is 7.82 Å². The monoisotopic (exact) mass is 566 g/mol. The number of rotatable bonds is 2. The number of hydrogen-bond donors (Lipinski definition) is 1. The standard InChI is InChI=1S/C37H27O4P/c38-42(39)40-35-31(29-11-9-23-5-1-3-7-27(23)21-29)15-13-25-17-19-37(33(25)35)20-18-26-14-16-32(36(41-42)34(26)37)30-12-10-24-6-2-4-8-28(24)22-30/h1-16,21-22H,17-20H2,(H,38,39). The summed E-state index contributed by atoms with van der Waals surface area (Å²) in [5, 5.41) is 4.52. The quantitative estimate of drug-likeness (QED) is 0.212. The molecule has 204 valence electrons. The van der Waals surface area contributed by atoms with Crippen LogP contribution in [0.25, 0.3) is 43.8 Å². The highest BCUT2D eigenvalue weighted by Crippen LogP contribution is 2.65. The van der Waals surface area contributed by atoms with Gasteiger partial charge in [0.05, 0.1) is 0 Å². The van der Waals surface area contributed by atoms with Crippen molar-refractivity contribution in [3.8, 4) is 33.8 Å². The Kier molecular flexibility index (Phi) is 4.95. The van der Waals surface area contributed by atoms with Crippen LogP contribution in [0.5, 0.6) is 11.5 Å². The van der Waals surface area contributed by atoms with E-state index in [1.165, 1.54) is 11.1 Å². The molecule has 0 aromatic heterocycles. The van der Waals surface area contributed by atoms with Crippen molar-refractivity contribution in [2.24, 2.45) is 0 Å². The lowest BCUT2D eigenvalue weighted by molar-refractivity contribution is 0.281. The summed E-state index contributed by atoms with van der Waals surface area (Å²) in [7, 11) is -4.55. The number of hydrogen-bond acceptors (Lipinski definition) is 3. The number of phosphoric acid groups is 1. The number of benzene rings is 6. The van der Waals surface area contributed by atoms with Crippen LogP contribution in [0.4, 0.5) is 0 Å². The normalized spacial score (nSPS) is 17.2. The van der Waals surface area contributed by atoms with Crippen LogP contribution >= 0.6 is 7.82 Å². The summed E-state index contributed by atoms with van der Waals surface area (Å²) in [6.45, 7) is 0. The van der Waals surface area contributed by atoms with Crippen LogP contribution in [0.1, 0.15) is 35.1 Å². The van der Waals surface area contributed by atoms with Crippen molar-refractivity contribution in [3.05, 3.63) is 131 Å². The molecule has 3 aliphatic rings. The Morgan fingerprint density at radius 1 is 0.571 bits per heavy atom. The summed E-state index contributed by atoms with van der Waals surface area (Å²) < 4.78 is 26.2. The Morgan fingerprint density at radius 3 is 1.50 bits per heavy atom. The lowest BCUT2D eigenvalue weighted by Gasteiger charge is -2.34. The molecule has 42 heavy (non-hydrogen) atoms. The summed E-state index contributed by atoms with van der Waals surface area (Å²) in [6, 6.07) is 37.5. The summed E-state index contributed by atoms with van der Waals surface area (Å²) in [6.07, 6.45) is 3.61. The van der Waals surface area contributed by atoms with E-state index in [4.69, 9.17) is 9.05 Å². The molecule has 0 atom stereocenters. The maximum atomic E-state index is 13.9. The minimum atomic E-state index is -4.55. The van der Waals surface area contributed by atoms with Gasteiger partial charge in [0, 0.05) is 27.7 Å². The second kappa shape index (κ2) is 8.58. The molecule has 1 N–H and O–H groups in total. The number of phosphoric ester groups is 1. The largest absolute Gasteiger partial charge is 0.584 e. The van der Waals surface area contributed by atoms with E-state index in [0.717, 1.165) is 80.6 Å². The predicted octanol–water partition coefficient (Wildman–Crippen LogP) is 9.38. The van der Waals surface area contributed by atoms with Crippen LogP contribution in [-0.4, -0.2) is 4.89 Å². The van der Waals surface area contributed by atoms with Crippen molar-refractivity contribution in [2.75, 3.05) is 0 Å². The van der Waals surface area contributed by atoms with E-state index in [1.807, 2.05) is 36.4 Å². The van der Waals surface area contributed by atoms with Gasteiger partial charge in [0.1, 0.15) is 11.5 Å². The van der Waals surface area contributed by atoms with Crippen LogP contribution in [0, 0.1) is 0 Å². The molecule has 0 amide bonds. The zero-order valence-corrected chi connectivity index (χ0v) is 23.7. The van der Waals surface area contributed by atoms with E-state index in [9.17, 15) is 9.46 Å². The highest BCUT2D eigenvalue weighted by atomic mass is 31.2. The average Bonchev–Trinajstić information content (AvgIpc) is 3.57. The van der Waals surface area contributed by atoms with E-state index in [-0.39, 0.29) is 5.41 Å². The Hall–Kier alpha value is -4.37. The molecule has 0 fully saturated rings. The Morgan fingerprint density at radius 2 is 1.02 bits per heavy atom. The third-order valence-corrected chi connectivity index (χ3v) is 10.4. The fraction of sp³-hybridized carbons (Fsp3) is 0.135. The molecule has 5 heteroatoms. The fourth-order valence-electron chi connectivity index (χ4n) is 7.77. The van der Waals surface area contributed by atoms with Gasteiger partial charge in [-0.25, -0.2) is 4.57 Å². The molecular formula is C37H27O4P. The lowest BCUT2D eigenvalue weighted by Crippen LogP contribution is -2.25. The van der Waals surface area contributed by atoms with Gasteiger partial charge >= 0.3 is 7.82 Å². The van der Waals surface area contributed by atoms with Crippen molar-refractivity contribution in [3.63, 3.8) is 0 Å². The Labute approximate surface area is 243 Å². The first-order valence-electron chi connectivity index (χ1n) is 14.5. The molecule has 0 unspecified atom stereocenters. The van der Waals surface area contributed by atoms with Crippen molar-refractivity contribution >= 4 is 29.4 Å². The molecule has 4 nitrogen and oxygen atoms in total. The number of aryl methyl sites for hydroxylation is 2. The molecule has 0 saturated carbocycles. The SMILES string of the molecule is O=P1(O)Oc2c(-c3ccc4ccccc4c3)ccc3c2C2(CC3)CCc3ccc(-c4ccc5ccccc5c4)c(c32)O1. The fourth-order valence-corrected chi connectivity index (χ4v) is 8.64. The summed E-state index contributed by atoms with van der Waals surface area (Å²) in [5.41, 5.74) is 7.70. The first-order chi connectivity index (χ1) is 20.5. The highest BCUT2D eigenvalue weighted by molar-refractivity contribution is 7.48. The van der Waals surface area contributed by atoms with Crippen molar-refractivity contribution in [1.82, 2.24) is 0 Å². The second-order valence-electron chi connectivity index (χ2n) is 11.8. The van der Waals surface area contributed by atoms with E-state index in [1.54, 1.807) is 0 Å². The van der Waals surface area contributed by atoms with Crippen LogP contribution in [0.2, 0.25) is 0 Å². The summed E-state index contributed by atoms with van der Waals surface area (Å²) >= 11 is 0. The number of fused-ring (bicyclic) bond motifs is 2. The average molecular weight is 567 g/mol. The minimum absolute atomic E-state index is 0.338.